The maximum Gasteiger partial charge on any atom is 0.168 e. The first-order valence-electron chi connectivity index (χ1n) is 15.0. The molecule has 0 aliphatic carbocycles. The van der Waals surface area contributed by atoms with Gasteiger partial charge in [-0.3, -0.25) is 9.69 Å². The van der Waals surface area contributed by atoms with E-state index in [2.05, 4.69) is 14.4 Å². The van der Waals surface area contributed by atoms with Gasteiger partial charge in [-0.2, -0.15) is 0 Å². The Balaban J connectivity index is 1.19. The molecule has 0 unspecified atom stereocenters. The van der Waals surface area contributed by atoms with Crippen LogP contribution in [0.1, 0.15) is 40.7 Å². The lowest BCUT2D eigenvalue weighted by molar-refractivity contribution is 0.0997. The van der Waals surface area contributed by atoms with E-state index in [1.54, 1.807) is 25.3 Å². The van der Waals surface area contributed by atoms with E-state index in [-0.39, 0.29) is 11.6 Å². The van der Waals surface area contributed by atoms with Gasteiger partial charge in [-0.1, -0.05) is 71.2 Å². The van der Waals surface area contributed by atoms with Crippen LogP contribution in [-0.2, 0) is 19.5 Å². The van der Waals surface area contributed by atoms with Crippen LogP contribution in [0.2, 0.25) is 15.1 Å². The molecule has 1 aliphatic heterocycles. The molecule has 1 aromatic heterocycles. The van der Waals surface area contributed by atoms with Gasteiger partial charge in [-0.15, -0.1) is 0 Å². The van der Waals surface area contributed by atoms with Crippen molar-refractivity contribution < 1.29 is 13.9 Å². The first-order chi connectivity index (χ1) is 21.3. The Kier molecular flexibility index (Phi) is 11.4. The third-order valence-corrected chi connectivity index (χ3v) is 9.28. The zero-order chi connectivity index (χ0) is 31.1. The van der Waals surface area contributed by atoms with E-state index in [0.717, 1.165) is 74.3 Å². The SMILES string of the molecule is COc1cccc2c(C(=O)C/C=C/Cc3ccc(Cl)c(Cl)c3)cn(CCCN3CCCN(Cc4c(F)cccc4Cl)CC3)c12. The quantitative estimate of drug-likeness (QED) is 0.113. The molecule has 0 atom stereocenters. The topological polar surface area (TPSA) is 37.7 Å². The molecular weight excluding hydrogens is 620 g/mol. The molecule has 4 aromatic rings. The van der Waals surface area contributed by atoms with Crippen LogP contribution < -0.4 is 4.74 Å². The maximum atomic E-state index is 14.3. The van der Waals surface area contributed by atoms with E-state index in [1.807, 2.05) is 48.7 Å². The van der Waals surface area contributed by atoms with Crippen LogP contribution in [-0.4, -0.2) is 60.0 Å². The number of carbonyl (C=O) groups excluding carboxylic acids is 1. The largest absolute Gasteiger partial charge is 0.495 e. The number of ketones is 1. The Morgan fingerprint density at radius 1 is 0.909 bits per heavy atom. The number of halogens is 4. The normalized spacial score (nSPS) is 14.8. The third kappa shape index (κ3) is 8.04. The van der Waals surface area contributed by atoms with Crippen LogP contribution in [0.4, 0.5) is 4.39 Å². The van der Waals surface area contributed by atoms with Crippen molar-refractivity contribution in [2.75, 3.05) is 39.8 Å². The van der Waals surface area contributed by atoms with Crippen LogP contribution in [0.3, 0.4) is 0 Å². The summed E-state index contributed by atoms with van der Waals surface area (Å²) in [6.07, 6.45) is 8.80. The van der Waals surface area contributed by atoms with Crippen molar-refractivity contribution in [3.63, 3.8) is 0 Å². The molecule has 44 heavy (non-hydrogen) atoms. The number of Topliss-reactive ketones (excluding diaryl/α,β-unsaturated/α-hetero) is 1. The number of nitrogens with zero attached hydrogens (tertiary/aromatic N) is 3. The lowest BCUT2D eigenvalue weighted by Crippen LogP contribution is -2.31. The van der Waals surface area contributed by atoms with Gasteiger partial charge in [0.05, 0.1) is 22.7 Å². The Bertz CT molecular complexity index is 1620. The molecule has 2 heterocycles. The summed E-state index contributed by atoms with van der Waals surface area (Å²) in [6, 6.07) is 16.3. The summed E-state index contributed by atoms with van der Waals surface area (Å²) in [4.78, 5) is 18.1. The van der Waals surface area contributed by atoms with Gasteiger partial charge in [-0.25, -0.2) is 4.39 Å². The van der Waals surface area contributed by atoms with Crippen molar-refractivity contribution in [2.24, 2.45) is 0 Å². The Morgan fingerprint density at radius 3 is 2.50 bits per heavy atom. The minimum absolute atomic E-state index is 0.0648. The van der Waals surface area contributed by atoms with E-state index in [9.17, 15) is 9.18 Å². The van der Waals surface area contributed by atoms with E-state index in [1.165, 1.54) is 6.07 Å². The second-order valence-electron chi connectivity index (χ2n) is 11.2. The number of hydrogen-bond donors (Lipinski definition) is 0. The number of benzene rings is 3. The van der Waals surface area contributed by atoms with Gasteiger partial charge < -0.3 is 14.2 Å². The number of rotatable bonds is 12. The van der Waals surface area contributed by atoms with Gasteiger partial charge in [-0.05, 0) is 74.8 Å². The summed E-state index contributed by atoms with van der Waals surface area (Å²) in [5.41, 5.74) is 3.26. The van der Waals surface area contributed by atoms with Crippen LogP contribution in [0, 0.1) is 5.82 Å². The molecule has 1 aliphatic rings. The Labute approximate surface area is 273 Å². The monoisotopic (exact) mass is 655 g/mol. The van der Waals surface area contributed by atoms with E-state index >= 15 is 0 Å². The average molecular weight is 657 g/mol. The van der Waals surface area contributed by atoms with Crippen LogP contribution >= 0.6 is 34.8 Å². The third-order valence-electron chi connectivity index (χ3n) is 8.19. The van der Waals surface area contributed by atoms with Gasteiger partial charge in [0.25, 0.3) is 0 Å². The number of methoxy groups -OCH3 is 1. The zero-order valence-electron chi connectivity index (χ0n) is 24.9. The van der Waals surface area contributed by atoms with E-state index in [0.29, 0.717) is 45.6 Å². The van der Waals surface area contributed by atoms with Crippen LogP contribution in [0.15, 0.2) is 72.9 Å². The average Bonchev–Trinajstić information content (AvgIpc) is 3.24. The molecule has 0 spiro atoms. The molecule has 232 valence electrons. The highest BCUT2D eigenvalue weighted by Crippen LogP contribution is 2.31. The summed E-state index contributed by atoms with van der Waals surface area (Å²) >= 11 is 18.4. The highest BCUT2D eigenvalue weighted by Gasteiger charge is 2.20. The number of fused-ring (bicyclic) bond motifs is 1. The van der Waals surface area contributed by atoms with Crippen molar-refractivity contribution in [3.05, 3.63) is 111 Å². The predicted octanol–water partition coefficient (Wildman–Crippen LogP) is 8.72. The number of allylic oxidation sites excluding steroid dienone is 2. The van der Waals surface area contributed by atoms with E-state index in [4.69, 9.17) is 39.5 Å². The fourth-order valence-corrected chi connectivity index (χ4v) is 6.40. The van der Waals surface area contributed by atoms with Gasteiger partial charge in [0.15, 0.2) is 5.78 Å². The summed E-state index contributed by atoms with van der Waals surface area (Å²) in [5, 5.41) is 2.45. The summed E-state index contributed by atoms with van der Waals surface area (Å²) in [7, 11) is 1.66. The number of hydrogen-bond acceptors (Lipinski definition) is 4. The van der Waals surface area contributed by atoms with Crippen molar-refractivity contribution in [2.45, 2.75) is 38.8 Å². The maximum absolute atomic E-state index is 14.3. The molecule has 0 saturated carbocycles. The molecule has 1 saturated heterocycles. The molecule has 0 bridgehead atoms. The number of carbonyl (C=O) groups is 1. The van der Waals surface area contributed by atoms with Crippen molar-refractivity contribution in [1.29, 1.82) is 0 Å². The number of ether oxygens (including phenoxy) is 1. The molecule has 1 fully saturated rings. The second kappa shape index (κ2) is 15.4. The van der Waals surface area contributed by atoms with Gasteiger partial charge in [0.1, 0.15) is 11.6 Å². The molecule has 0 N–H and O–H groups in total. The van der Waals surface area contributed by atoms with E-state index < -0.39 is 0 Å². The lowest BCUT2D eigenvalue weighted by atomic mass is 10.1. The fourth-order valence-electron chi connectivity index (χ4n) is 5.85. The van der Waals surface area contributed by atoms with Crippen molar-refractivity contribution in [1.82, 2.24) is 14.4 Å². The Morgan fingerprint density at radius 2 is 1.70 bits per heavy atom. The molecule has 5 rings (SSSR count). The summed E-state index contributed by atoms with van der Waals surface area (Å²) in [5.74, 6) is 0.578. The highest BCUT2D eigenvalue weighted by atomic mass is 35.5. The van der Waals surface area contributed by atoms with Gasteiger partial charge in [0.2, 0.25) is 0 Å². The first kappa shape index (κ1) is 32.5. The second-order valence-corrected chi connectivity index (χ2v) is 12.4. The minimum Gasteiger partial charge on any atom is -0.495 e. The van der Waals surface area contributed by atoms with Crippen molar-refractivity contribution in [3.8, 4) is 5.75 Å². The molecule has 0 radical (unpaired) electrons. The van der Waals surface area contributed by atoms with Crippen LogP contribution in [0.25, 0.3) is 10.9 Å². The lowest BCUT2D eigenvalue weighted by Gasteiger charge is -2.22. The first-order valence-corrected chi connectivity index (χ1v) is 16.1. The molecule has 0 amide bonds. The summed E-state index contributed by atoms with van der Waals surface area (Å²) < 4.78 is 22.2. The van der Waals surface area contributed by atoms with Gasteiger partial charge >= 0.3 is 0 Å². The number of aromatic nitrogens is 1. The van der Waals surface area contributed by atoms with Gasteiger partial charge in [0, 0.05) is 60.3 Å². The Hall–Kier alpha value is -2.87. The number of para-hydroxylation sites is 1. The molecule has 5 nitrogen and oxygen atoms in total. The standard InChI is InChI=1S/C35H37Cl3FN3O2/c1-44-34-13-4-9-26-27(33(43)12-3-2-8-25-14-15-30(37)31(38)22-25)24-42(35(26)34)19-7-17-40-16-6-18-41(21-20-40)23-28-29(36)10-5-11-32(28)39/h2-5,9-11,13-15,22,24H,6-8,12,16-21,23H2,1H3/b3-2+. The zero-order valence-corrected chi connectivity index (χ0v) is 27.1. The van der Waals surface area contributed by atoms with Crippen LogP contribution in [0.5, 0.6) is 5.75 Å². The molecule has 9 heteroatoms. The fraction of sp³-hybridized carbons (Fsp3) is 0.343. The smallest absolute Gasteiger partial charge is 0.168 e. The highest BCUT2D eigenvalue weighted by molar-refractivity contribution is 6.42. The summed E-state index contributed by atoms with van der Waals surface area (Å²) in [6.45, 7) is 5.91. The van der Waals surface area contributed by atoms with Crippen molar-refractivity contribution >= 4 is 51.5 Å². The minimum atomic E-state index is -0.245. The molecule has 3 aromatic carbocycles. The number of aryl methyl sites for hydroxylation is 1. The molecular formula is C35H37Cl3FN3O2. The predicted molar refractivity (Wildman–Crippen MR) is 179 cm³/mol.